The van der Waals surface area contributed by atoms with Crippen molar-refractivity contribution in [3.63, 3.8) is 0 Å². The Morgan fingerprint density at radius 3 is 1.90 bits per heavy atom. The Morgan fingerprint density at radius 2 is 1.35 bits per heavy atom. The van der Waals surface area contributed by atoms with Crippen molar-refractivity contribution in [2.24, 2.45) is 7.05 Å². The minimum atomic E-state index is 0.824. The molecule has 1 heterocycles. The van der Waals surface area contributed by atoms with Crippen LogP contribution in [0.5, 0.6) is 0 Å². The third kappa shape index (κ3) is 7.69. The van der Waals surface area contributed by atoms with E-state index in [0.29, 0.717) is 0 Å². The summed E-state index contributed by atoms with van der Waals surface area (Å²) < 4.78 is 1.91. The van der Waals surface area contributed by atoms with Gasteiger partial charge in [0, 0.05) is 17.6 Å². The Balaban J connectivity index is 0.000000226. The first-order chi connectivity index (χ1) is 15.2. The summed E-state index contributed by atoms with van der Waals surface area (Å²) in [5.41, 5.74) is 4.90. The van der Waals surface area contributed by atoms with Gasteiger partial charge in [0.15, 0.2) is 5.82 Å². The zero-order valence-electron chi connectivity index (χ0n) is 18.9. The molecule has 0 amide bonds. The Morgan fingerprint density at radius 1 is 0.774 bits per heavy atom. The molecular weight excluding hydrogens is 402 g/mol. The van der Waals surface area contributed by atoms with Gasteiger partial charge in [-0.15, -0.1) is 10.2 Å². The van der Waals surface area contributed by atoms with E-state index in [1.54, 1.807) is 6.33 Å². The van der Waals surface area contributed by atoms with E-state index in [-0.39, 0.29) is 0 Å². The number of halogens is 1. The van der Waals surface area contributed by atoms with Crippen LogP contribution >= 0.6 is 11.6 Å². The molecule has 0 fully saturated rings. The zero-order chi connectivity index (χ0) is 22.5. The molecule has 0 aliphatic carbocycles. The van der Waals surface area contributed by atoms with Gasteiger partial charge < -0.3 is 4.57 Å². The van der Waals surface area contributed by atoms with Crippen molar-refractivity contribution in [3.8, 4) is 22.5 Å². The smallest absolute Gasteiger partial charge is 0.163 e. The van der Waals surface area contributed by atoms with Crippen LogP contribution in [-0.2, 0) is 13.5 Å². The van der Waals surface area contributed by atoms with E-state index in [1.165, 1.54) is 36.0 Å². The molecule has 0 radical (unpaired) electrons. The molecule has 0 aliphatic rings. The van der Waals surface area contributed by atoms with E-state index in [1.807, 2.05) is 55.8 Å². The van der Waals surface area contributed by atoms with Gasteiger partial charge in [-0.3, -0.25) is 0 Å². The van der Waals surface area contributed by atoms with Gasteiger partial charge in [0.2, 0.25) is 0 Å². The Hall–Kier alpha value is -2.91. The molecule has 1 aromatic heterocycles. The van der Waals surface area contributed by atoms with Crippen LogP contribution in [0, 0.1) is 0 Å². The van der Waals surface area contributed by atoms with Gasteiger partial charge in [0.1, 0.15) is 6.33 Å². The van der Waals surface area contributed by atoms with Crippen molar-refractivity contribution in [3.05, 3.63) is 95.8 Å². The number of nitrogens with zero attached hydrogens (tertiary/aromatic N) is 3. The fraction of sp³-hybridized carbons (Fsp3) is 0.259. The molecule has 0 saturated heterocycles. The minimum Gasteiger partial charge on any atom is -0.317 e. The maximum atomic E-state index is 5.75. The molecule has 0 atom stereocenters. The Kier molecular flexibility index (Phi) is 10.5. The maximum Gasteiger partial charge on any atom is 0.163 e. The summed E-state index contributed by atoms with van der Waals surface area (Å²) in [7, 11) is 1.94. The number of aryl methyl sites for hydroxylation is 2. The van der Waals surface area contributed by atoms with E-state index >= 15 is 0 Å². The third-order valence-electron chi connectivity index (χ3n) is 4.69. The molecule has 0 spiro atoms. The highest BCUT2D eigenvalue weighted by molar-refractivity contribution is 6.30. The number of rotatable bonds is 5. The van der Waals surface area contributed by atoms with E-state index in [4.69, 9.17) is 11.6 Å². The summed E-state index contributed by atoms with van der Waals surface area (Å²) in [4.78, 5) is 0. The Labute approximate surface area is 191 Å². The molecule has 3 aromatic carbocycles. The predicted octanol–water partition coefficient (Wildman–Crippen LogP) is 7.86. The summed E-state index contributed by atoms with van der Waals surface area (Å²) in [5, 5.41) is 8.82. The van der Waals surface area contributed by atoms with Crippen LogP contribution in [-0.4, -0.2) is 14.8 Å². The second-order valence-electron chi connectivity index (χ2n) is 6.94. The van der Waals surface area contributed by atoms with Crippen LogP contribution in [0.3, 0.4) is 0 Å². The maximum absolute atomic E-state index is 5.75. The first kappa shape index (κ1) is 24.4. The lowest BCUT2D eigenvalue weighted by Crippen LogP contribution is -1.90. The number of hydrogen-bond acceptors (Lipinski definition) is 2. The minimum absolute atomic E-state index is 0.824. The molecule has 0 bridgehead atoms. The lowest BCUT2D eigenvalue weighted by atomic mass is 10.0. The lowest BCUT2D eigenvalue weighted by molar-refractivity contribution is 0.795. The van der Waals surface area contributed by atoms with Gasteiger partial charge in [-0.25, -0.2) is 0 Å². The fourth-order valence-corrected chi connectivity index (χ4v) is 3.14. The van der Waals surface area contributed by atoms with Crippen LogP contribution in [0.1, 0.15) is 39.2 Å². The average Bonchev–Trinajstić information content (AvgIpc) is 3.27. The first-order valence-corrected chi connectivity index (χ1v) is 11.3. The largest absolute Gasteiger partial charge is 0.317 e. The fourth-order valence-electron chi connectivity index (χ4n) is 3.02. The summed E-state index contributed by atoms with van der Waals surface area (Å²) in [5.74, 6) is 0.884. The van der Waals surface area contributed by atoms with Gasteiger partial charge in [-0.1, -0.05) is 106 Å². The molecule has 31 heavy (non-hydrogen) atoms. The number of unbranched alkanes of at least 4 members (excludes halogenated alkanes) is 1. The van der Waals surface area contributed by atoms with E-state index in [2.05, 4.69) is 65.7 Å². The molecular formula is C27H32ClN3. The van der Waals surface area contributed by atoms with E-state index in [0.717, 1.165) is 16.4 Å². The predicted molar refractivity (Wildman–Crippen MR) is 133 cm³/mol. The molecule has 4 aromatic rings. The highest BCUT2D eigenvalue weighted by atomic mass is 35.5. The van der Waals surface area contributed by atoms with Crippen molar-refractivity contribution < 1.29 is 0 Å². The normalized spacial score (nSPS) is 9.84. The number of benzene rings is 3. The molecule has 0 saturated carbocycles. The van der Waals surface area contributed by atoms with Crippen molar-refractivity contribution in [1.82, 2.24) is 14.8 Å². The van der Waals surface area contributed by atoms with Gasteiger partial charge >= 0.3 is 0 Å². The molecule has 0 N–H and O–H groups in total. The molecule has 0 unspecified atom stereocenters. The monoisotopic (exact) mass is 433 g/mol. The van der Waals surface area contributed by atoms with Crippen LogP contribution in [0.25, 0.3) is 22.5 Å². The standard InChI is InChI=1S/C15H13N3.C10H13Cl.C2H6/c1-18-11-16-17-15(18)14-9-7-13(8-10-14)12-5-3-2-4-6-12;1-2-3-4-9-5-7-10(11)8-6-9;1-2/h2-11H,1H3;5-8H,2-4H2,1H3;1-2H3. The topological polar surface area (TPSA) is 30.7 Å². The Bertz CT molecular complexity index is 991. The summed E-state index contributed by atoms with van der Waals surface area (Å²) >= 11 is 5.75. The highest BCUT2D eigenvalue weighted by Gasteiger charge is 2.04. The van der Waals surface area contributed by atoms with Crippen molar-refractivity contribution in [2.75, 3.05) is 0 Å². The number of aromatic nitrogens is 3. The van der Waals surface area contributed by atoms with Crippen molar-refractivity contribution >= 4 is 11.6 Å². The van der Waals surface area contributed by atoms with Crippen LogP contribution in [0.15, 0.2) is 85.2 Å². The lowest BCUT2D eigenvalue weighted by Gasteiger charge is -2.04. The van der Waals surface area contributed by atoms with E-state index < -0.39 is 0 Å². The molecule has 0 aliphatic heterocycles. The van der Waals surface area contributed by atoms with Crippen LogP contribution < -0.4 is 0 Å². The summed E-state index contributed by atoms with van der Waals surface area (Å²) in [6.45, 7) is 6.20. The van der Waals surface area contributed by atoms with Crippen molar-refractivity contribution in [1.29, 1.82) is 0 Å². The van der Waals surface area contributed by atoms with Crippen molar-refractivity contribution in [2.45, 2.75) is 40.0 Å². The molecule has 4 rings (SSSR count). The third-order valence-corrected chi connectivity index (χ3v) is 4.95. The first-order valence-electron chi connectivity index (χ1n) is 10.9. The van der Waals surface area contributed by atoms with Gasteiger partial charge in [-0.2, -0.15) is 0 Å². The second-order valence-corrected chi connectivity index (χ2v) is 7.38. The van der Waals surface area contributed by atoms with E-state index in [9.17, 15) is 0 Å². The van der Waals surface area contributed by atoms with Crippen LogP contribution in [0.4, 0.5) is 0 Å². The average molecular weight is 434 g/mol. The van der Waals surface area contributed by atoms with Gasteiger partial charge in [-0.05, 0) is 41.7 Å². The van der Waals surface area contributed by atoms with Gasteiger partial charge in [0.05, 0.1) is 0 Å². The quantitative estimate of drug-likeness (QED) is 0.320. The van der Waals surface area contributed by atoms with Gasteiger partial charge in [0.25, 0.3) is 0 Å². The molecule has 3 nitrogen and oxygen atoms in total. The molecule has 4 heteroatoms. The van der Waals surface area contributed by atoms with Crippen LogP contribution in [0.2, 0.25) is 5.02 Å². The SMILES string of the molecule is CC.CCCCc1ccc(Cl)cc1.Cn1cnnc1-c1ccc(-c2ccccc2)cc1. The highest BCUT2D eigenvalue weighted by Crippen LogP contribution is 2.23. The summed E-state index contributed by atoms with van der Waals surface area (Å²) in [6.07, 6.45) is 5.40. The second kappa shape index (κ2) is 13.4. The summed E-state index contributed by atoms with van der Waals surface area (Å²) in [6, 6.07) is 26.8. The number of hydrogen-bond donors (Lipinski definition) is 0. The molecule has 162 valence electrons. The zero-order valence-corrected chi connectivity index (χ0v) is 19.7.